The molecule has 0 amide bonds. The van der Waals surface area contributed by atoms with E-state index in [9.17, 15) is 0 Å². The minimum absolute atomic E-state index is 0.670. The van der Waals surface area contributed by atoms with Crippen molar-refractivity contribution in [3.05, 3.63) is 54.9 Å². The van der Waals surface area contributed by atoms with Crippen molar-refractivity contribution in [3.63, 3.8) is 0 Å². The molecule has 0 saturated heterocycles. The molecule has 0 radical (unpaired) electrons. The summed E-state index contributed by atoms with van der Waals surface area (Å²) in [6.07, 6.45) is 4.01. The molecular weight excluding hydrogens is 342 g/mol. The second-order valence-electron chi connectivity index (χ2n) is 6.28. The van der Waals surface area contributed by atoms with Gasteiger partial charge in [0.1, 0.15) is 11.5 Å². The molecule has 138 valence electrons. The maximum Gasteiger partial charge on any atom is 0.178 e. The number of nitrogens with one attached hydrogen (secondary N) is 1. The number of hydrogen-bond acceptors (Lipinski definition) is 7. The topological polar surface area (TPSA) is 62.8 Å². The fraction of sp³-hybridized carbons (Fsp3) is 0.200. The minimum atomic E-state index is 0.670. The molecule has 0 fully saturated rings. The van der Waals surface area contributed by atoms with E-state index in [1.165, 1.54) is 0 Å². The Morgan fingerprint density at radius 1 is 0.926 bits per heavy atom. The van der Waals surface area contributed by atoms with Crippen molar-refractivity contribution in [2.75, 3.05) is 38.2 Å². The van der Waals surface area contributed by atoms with Gasteiger partial charge in [-0.15, -0.1) is 0 Å². The number of fused-ring (bicyclic) bond motifs is 1. The molecule has 3 aromatic rings. The summed E-state index contributed by atoms with van der Waals surface area (Å²) < 4.78 is 10.7. The Bertz CT molecular complexity index is 983. The SMILES string of the molecule is COc1cc(Nc2nc3ccccc3nc2N2C=CN(C)C2)cc(OC)c1. The van der Waals surface area contributed by atoms with Gasteiger partial charge in [0.25, 0.3) is 0 Å². The molecular formula is C20H21N5O2. The Hall–Kier alpha value is -3.48. The predicted octanol–water partition coefficient (Wildman–Crippen LogP) is 3.57. The van der Waals surface area contributed by atoms with E-state index >= 15 is 0 Å². The van der Waals surface area contributed by atoms with Gasteiger partial charge in [0.15, 0.2) is 11.6 Å². The van der Waals surface area contributed by atoms with Crippen molar-refractivity contribution in [2.45, 2.75) is 0 Å². The monoisotopic (exact) mass is 363 g/mol. The van der Waals surface area contributed by atoms with Crippen LogP contribution >= 0.6 is 0 Å². The number of nitrogens with zero attached hydrogens (tertiary/aromatic N) is 4. The largest absolute Gasteiger partial charge is 0.497 e. The van der Waals surface area contributed by atoms with Gasteiger partial charge < -0.3 is 24.6 Å². The highest BCUT2D eigenvalue weighted by Gasteiger charge is 2.19. The van der Waals surface area contributed by atoms with Crippen molar-refractivity contribution < 1.29 is 9.47 Å². The van der Waals surface area contributed by atoms with Crippen LogP contribution in [0.2, 0.25) is 0 Å². The van der Waals surface area contributed by atoms with E-state index in [1.54, 1.807) is 14.2 Å². The lowest BCUT2D eigenvalue weighted by molar-refractivity contribution is 0.395. The molecule has 2 heterocycles. The highest BCUT2D eigenvalue weighted by atomic mass is 16.5. The highest BCUT2D eigenvalue weighted by Crippen LogP contribution is 2.32. The zero-order chi connectivity index (χ0) is 18.8. The fourth-order valence-electron chi connectivity index (χ4n) is 2.96. The van der Waals surface area contributed by atoms with E-state index in [0.717, 1.165) is 22.5 Å². The number of anilines is 3. The molecule has 2 aromatic carbocycles. The molecule has 27 heavy (non-hydrogen) atoms. The first-order valence-electron chi connectivity index (χ1n) is 8.58. The van der Waals surface area contributed by atoms with Crippen LogP contribution in [0.1, 0.15) is 0 Å². The van der Waals surface area contributed by atoms with Gasteiger partial charge in [0.05, 0.1) is 31.9 Å². The highest BCUT2D eigenvalue weighted by molar-refractivity contribution is 5.82. The summed E-state index contributed by atoms with van der Waals surface area (Å²) in [5.74, 6) is 2.83. The summed E-state index contributed by atoms with van der Waals surface area (Å²) in [6.45, 7) is 0.711. The number of benzene rings is 2. The minimum Gasteiger partial charge on any atom is -0.497 e. The van der Waals surface area contributed by atoms with Crippen LogP contribution in [0.25, 0.3) is 11.0 Å². The van der Waals surface area contributed by atoms with E-state index < -0.39 is 0 Å². The molecule has 0 spiro atoms. The van der Waals surface area contributed by atoms with Gasteiger partial charge in [-0.05, 0) is 12.1 Å². The van der Waals surface area contributed by atoms with E-state index in [1.807, 2.05) is 61.9 Å². The Morgan fingerprint density at radius 2 is 1.59 bits per heavy atom. The second kappa shape index (κ2) is 7.03. The van der Waals surface area contributed by atoms with Crippen LogP contribution < -0.4 is 19.7 Å². The quantitative estimate of drug-likeness (QED) is 0.743. The lowest BCUT2D eigenvalue weighted by Crippen LogP contribution is -2.23. The lowest BCUT2D eigenvalue weighted by atomic mass is 10.2. The summed E-state index contributed by atoms with van der Waals surface area (Å²) in [7, 11) is 5.28. The molecule has 1 aromatic heterocycles. The third kappa shape index (κ3) is 3.44. The molecule has 1 N–H and O–H groups in total. The Balaban J connectivity index is 1.79. The van der Waals surface area contributed by atoms with E-state index in [-0.39, 0.29) is 0 Å². The molecule has 7 nitrogen and oxygen atoms in total. The molecule has 4 rings (SSSR count). The van der Waals surface area contributed by atoms with Gasteiger partial charge in [-0.3, -0.25) is 0 Å². The van der Waals surface area contributed by atoms with Crippen molar-refractivity contribution in [3.8, 4) is 11.5 Å². The first-order chi connectivity index (χ1) is 13.2. The first-order valence-corrected chi connectivity index (χ1v) is 8.58. The van der Waals surface area contributed by atoms with E-state index in [0.29, 0.717) is 24.0 Å². The fourth-order valence-corrected chi connectivity index (χ4v) is 2.96. The van der Waals surface area contributed by atoms with Crippen molar-refractivity contribution in [1.82, 2.24) is 14.9 Å². The molecule has 0 atom stereocenters. The number of ether oxygens (including phenoxy) is 2. The summed E-state index contributed by atoms with van der Waals surface area (Å²) >= 11 is 0. The van der Waals surface area contributed by atoms with Crippen LogP contribution in [0.3, 0.4) is 0 Å². The normalized spacial score (nSPS) is 13.3. The Kier molecular flexibility index (Phi) is 4.42. The number of hydrogen-bond donors (Lipinski definition) is 1. The van der Waals surface area contributed by atoms with Crippen molar-refractivity contribution in [2.24, 2.45) is 0 Å². The van der Waals surface area contributed by atoms with Gasteiger partial charge >= 0.3 is 0 Å². The predicted molar refractivity (Wildman–Crippen MR) is 107 cm³/mol. The first kappa shape index (κ1) is 17.0. The zero-order valence-corrected chi connectivity index (χ0v) is 15.5. The van der Waals surface area contributed by atoms with Gasteiger partial charge in [-0.1, -0.05) is 12.1 Å². The summed E-state index contributed by atoms with van der Waals surface area (Å²) in [6, 6.07) is 13.5. The van der Waals surface area contributed by atoms with Crippen LogP contribution in [0, 0.1) is 0 Å². The van der Waals surface area contributed by atoms with Crippen LogP contribution in [0.15, 0.2) is 54.9 Å². The summed E-state index contributed by atoms with van der Waals surface area (Å²) in [5, 5.41) is 3.38. The maximum atomic E-state index is 5.37. The van der Waals surface area contributed by atoms with Gasteiger partial charge in [0, 0.05) is 43.3 Å². The van der Waals surface area contributed by atoms with Crippen LogP contribution in [-0.4, -0.2) is 42.8 Å². The molecule has 7 heteroatoms. The average molecular weight is 363 g/mol. The lowest BCUT2D eigenvalue weighted by Gasteiger charge is -2.21. The zero-order valence-electron chi connectivity index (χ0n) is 15.5. The molecule has 0 aliphatic carbocycles. The van der Waals surface area contributed by atoms with Gasteiger partial charge in [-0.25, -0.2) is 9.97 Å². The standard InChI is InChI=1S/C20H21N5O2/c1-24-8-9-25(13-24)20-19(22-17-6-4-5-7-18(17)23-20)21-14-10-15(26-2)12-16(11-14)27-3/h4-12H,13H2,1-3H3,(H,21,22). The number of para-hydroxylation sites is 2. The van der Waals surface area contributed by atoms with Gasteiger partial charge in [0.2, 0.25) is 0 Å². The molecule has 1 aliphatic rings. The van der Waals surface area contributed by atoms with E-state index in [4.69, 9.17) is 19.4 Å². The average Bonchev–Trinajstić information content (AvgIpc) is 3.13. The Labute approximate surface area is 157 Å². The van der Waals surface area contributed by atoms with E-state index in [2.05, 4.69) is 15.1 Å². The number of rotatable bonds is 5. The molecule has 0 saturated carbocycles. The third-order valence-corrected chi connectivity index (χ3v) is 4.31. The molecule has 0 unspecified atom stereocenters. The summed E-state index contributed by atoms with van der Waals surface area (Å²) in [4.78, 5) is 13.8. The van der Waals surface area contributed by atoms with Crippen LogP contribution in [0.4, 0.5) is 17.3 Å². The van der Waals surface area contributed by atoms with Gasteiger partial charge in [-0.2, -0.15) is 0 Å². The maximum absolute atomic E-state index is 5.37. The van der Waals surface area contributed by atoms with Crippen LogP contribution in [-0.2, 0) is 0 Å². The Morgan fingerprint density at radius 3 is 2.19 bits per heavy atom. The molecule has 0 bridgehead atoms. The van der Waals surface area contributed by atoms with Crippen molar-refractivity contribution in [1.29, 1.82) is 0 Å². The van der Waals surface area contributed by atoms with Crippen LogP contribution in [0.5, 0.6) is 11.5 Å². The summed E-state index contributed by atoms with van der Waals surface area (Å²) in [5.41, 5.74) is 2.49. The smallest absolute Gasteiger partial charge is 0.178 e. The second-order valence-corrected chi connectivity index (χ2v) is 6.28. The number of aromatic nitrogens is 2. The molecule has 1 aliphatic heterocycles. The third-order valence-electron chi connectivity index (χ3n) is 4.31. The van der Waals surface area contributed by atoms with Crippen molar-refractivity contribution >= 4 is 28.4 Å². The number of methoxy groups -OCH3 is 2.